The van der Waals surface area contributed by atoms with Gasteiger partial charge in [0, 0.05) is 30.8 Å². The molecule has 10 atom stereocenters. The van der Waals surface area contributed by atoms with Gasteiger partial charge in [-0.15, -0.1) is 0 Å². The lowest BCUT2D eigenvalue weighted by Gasteiger charge is -2.58. The van der Waals surface area contributed by atoms with Gasteiger partial charge in [-0.05, 0) is 78.6 Å². The molecule has 0 aromatic heterocycles. The summed E-state index contributed by atoms with van der Waals surface area (Å²) in [6.45, 7) is 10.2. The van der Waals surface area contributed by atoms with Crippen molar-refractivity contribution >= 4 is 11.6 Å². The normalized spacial score (nSPS) is 56.0. The van der Waals surface area contributed by atoms with Crippen LogP contribution in [0.25, 0.3) is 0 Å². The molecule has 2 aliphatic heterocycles. The summed E-state index contributed by atoms with van der Waals surface area (Å²) in [7, 11) is 0. The van der Waals surface area contributed by atoms with Gasteiger partial charge in [-0.2, -0.15) is 0 Å². The lowest BCUT2D eigenvalue weighted by molar-refractivity contribution is -0.272. The SMILES string of the molecule is C[C@H]1CC[C@@]2(OC1)O[C@@H]1C[C@@H]3[C@H]4CC(=O)C5=CC(=O)CC[C@]5(C)[C@@H]4CC[C@]3(C)[C@@H]1[C@H]2C. The average Bonchev–Trinajstić information content (AvgIpc) is 3.17. The molecule has 4 nitrogen and oxygen atoms in total. The predicted molar refractivity (Wildman–Crippen MR) is 117 cm³/mol. The largest absolute Gasteiger partial charge is 0.349 e. The maximum absolute atomic E-state index is 13.2. The van der Waals surface area contributed by atoms with Gasteiger partial charge >= 0.3 is 0 Å². The van der Waals surface area contributed by atoms with Gasteiger partial charge in [0.25, 0.3) is 0 Å². The number of rotatable bonds is 0. The van der Waals surface area contributed by atoms with Gasteiger partial charge in [-0.3, -0.25) is 9.59 Å². The summed E-state index contributed by atoms with van der Waals surface area (Å²) in [4.78, 5) is 25.3. The Bertz CT molecular complexity index is 851. The number of carbonyl (C=O) groups excluding carboxylic acids is 2. The zero-order valence-corrected chi connectivity index (χ0v) is 19.6. The molecule has 0 bridgehead atoms. The number of hydrogen-bond donors (Lipinski definition) is 0. The van der Waals surface area contributed by atoms with E-state index in [1.165, 1.54) is 19.3 Å². The molecule has 0 unspecified atom stereocenters. The van der Waals surface area contributed by atoms with Crippen molar-refractivity contribution in [2.75, 3.05) is 6.61 Å². The zero-order valence-electron chi connectivity index (χ0n) is 19.6. The van der Waals surface area contributed by atoms with Gasteiger partial charge in [0.05, 0.1) is 12.7 Å². The molecule has 3 saturated carbocycles. The lowest BCUT2D eigenvalue weighted by atomic mass is 9.46. The lowest BCUT2D eigenvalue weighted by Crippen LogP contribution is -2.54. The van der Waals surface area contributed by atoms with Gasteiger partial charge in [-0.1, -0.05) is 27.7 Å². The molecule has 5 fully saturated rings. The first-order valence-corrected chi connectivity index (χ1v) is 12.8. The molecule has 31 heavy (non-hydrogen) atoms. The molecule has 6 rings (SSSR count). The van der Waals surface area contributed by atoms with Crippen molar-refractivity contribution < 1.29 is 19.1 Å². The number of ketones is 2. The van der Waals surface area contributed by atoms with Crippen LogP contribution in [0.15, 0.2) is 11.6 Å². The molecular weight excluding hydrogens is 388 g/mol. The summed E-state index contributed by atoms with van der Waals surface area (Å²) in [5.41, 5.74) is 0.965. The van der Waals surface area contributed by atoms with E-state index < -0.39 is 0 Å². The molecule has 4 aliphatic carbocycles. The standard InChI is InChI=1S/C27H38O4/c1-15-5-10-27(30-14-15)16(2)24-23(31-27)13-20-18-12-22(29)21-11-17(28)6-8-25(21,3)19(18)7-9-26(20,24)4/h11,15-16,18-20,23-24H,5-10,12-14H2,1-4H3/t15-,16+,18-,19+,20+,23+,24+,25+,26-,27+/m0/s1. The van der Waals surface area contributed by atoms with Crippen molar-refractivity contribution in [2.24, 2.45) is 46.3 Å². The Hall–Kier alpha value is -1.00. The van der Waals surface area contributed by atoms with Crippen molar-refractivity contribution in [3.05, 3.63) is 11.6 Å². The molecule has 2 saturated heterocycles. The summed E-state index contributed by atoms with van der Waals surface area (Å²) < 4.78 is 13.2. The van der Waals surface area contributed by atoms with Gasteiger partial charge in [0.15, 0.2) is 17.4 Å². The highest BCUT2D eigenvalue weighted by atomic mass is 16.7. The Morgan fingerprint density at radius 3 is 2.58 bits per heavy atom. The number of fused-ring (bicyclic) bond motifs is 7. The third kappa shape index (κ3) is 2.61. The summed E-state index contributed by atoms with van der Waals surface area (Å²) in [6.07, 6.45) is 9.73. The monoisotopic (exact) mass is 426 g/mol. The topological polar surface area (TPSA) is 52.6 Å². The molecule has 0 aromatic rings. The first-order chi connectivity index (χ1) is 14.7. The number of ether oxygens (including phenoxy) is 2. The number of allylic oxidation sites excluding steroid dienone is 1. The molecule has 0 aromatic carbocycles. The van der Waals surface area contributed by atoms with E-state index in [1.54, 1.807) is 6.08 Å². The fraction of sp³-hybridized carbons (Fsp3) is 0.852. The highest BCUT2D eigenvalue weighted by Crippen LogP contribution is 2.70. The van der Waals surface area contributed by atoms with E-state index in [0.29, 0.717) is 48.3 Å². The van der Waals surface area contributed by atoms with Crippen molar-refractivity contribution in [1.82, 2.24) is 0 Å². The zero-order chi connectivity index (χ0) is 21.8. The number of hydrogen-bond acceptors (Lipinski definition) is 4. The first-order valence-electron chi connectivity index (χ1n) is 12.8. The van der Waals surface area contributed by atoms with Crippen molar-refractivity contribution in [3.8, 4) is 0 Å². The van der Waals surface area contributed by atoms with Crippen LogP contribution in [-0.4, -0.2) is 30.1 Å². The molecule has 6 aliphatic rings. The average molecular weight is 427 g/mol. The summed E-state index contributed by atoms with van der Waals surface area (Å²) in [5, 5.41) is 0. The third-order valence-electron chi connectivity index (χ3n) is 11.1. The highest BCUT2D eigenvalue weighted by molar-refractivity contribution is 6.05. The Morgan fingerprint density at radius 2 is 1.84 bits per heavy atom. The molecular formula is C27H38O4. The van der Waals surface area contributed by atoms with Crippen LogP contribution in [0.1, 0.15) is 79.1 Å². The van der Waals surface area contributed by atoms with E-state index in [1.807, 2.05) is 0 Å². The van der Waals surface area contributed by atoms with Crippen LogP contribution in [0, 0.1) is 46.3 Å². The summed E-state index contributed by atoms with van der Waals surface area (Å²) in [5.74, 6) is 3.08. The van der Waals surface area contributed by atoms with Crippen LogP contribution in [0.5, 0.6) is 0 Å². The van der Waals surface area contributed by atoms with Crippen LogP contribution in [-0.2, 0) is 19.1 Å². The van der Waals surface area contributed by atoms with Gasteiger partial charge in [0.1, 0.15) is 0 Å². The first kappa shape index (κ1) is 20.6. The minimum absolute atomic E-state index is 0.108. The Kier molecular flexibility index (Phi) is 4.34. The molecule has 170 valence electrons. The van der Waals surface area contributed by atoms with Gasteiger partial charge in [-0.25, -0.2) is 0 Å². The van der Waals surface area contributed by atoms with Crippen LogP contribution >= 0.6 is 0 Å². The van der Waals surface area contributed by atoms with E-state index in [-0.39, 0.29) is 34.3 Å². The molecule has 0 amide bonds. The molecule has 1 spiro atoms. The van der Waals surface area contributed by atoms with E-state index in [0.717, 1.165) is 31.4 Å². The summed E-state index contributed by atoms with van der Waals surface area (Å²) >= 11 is 0. The van der Waals surface area contributed by atoms with Gasteiger partial charge < -0.3 is 9.47 Å². The second-order valence-corrected chi connectivity index (χ2v) is 12.5. The van der Waals surface area contributed by atoms with Crippen molar-refractivity contribution in [1.29, 1.82) is 0 Å². The molecule has 0 N–H and O–H groups in total. The van der Waals surface area contributed by atoms with E-state index in [2.05, 4.69) is 27.7 Å². The smallest absolute Gasteiger partial charge is 0.171 e. The van der Waals surface area contributed by atoms with E-state index in [9.17, 15) is 9.59 Å². The highest BCUT2D eigenvalue weighted by Gasteiger charge is 2.69. The van der Waals surface area contributed by atoms with Crippen molar-refractivity contribution in [2.45, 2.75) is 91.0 Å². The third-order valence-corrected chi connectivity index (χ3v) is 11.1. The fourth-order valence-corrected chi connectivity index (χ4v) is 9.40. The Labute approximate surface area is 186 Å². The van der Waals surface area contributed by atoms with E-state index in [4.69, 9.17) is 9.47 Å². The summed E-state index contributed by atoms with van der Waals surface area (Å²) in [6, 6.07) is 0. The van der Waals surface area contributed by atoms with Crippen molar-refractivity contribution in [3.63, 3.8) is 0 Å². The quantitative estimate of drug-likeness (QED) is 0.541. The predicted octanol–water partition coefficient (Wildman–Crippen LogP) is 5.10. The molecule has 2 heterocycles. The second-order valence-electron chi connectivity index (χ2n) is 12.5. The van der Waals surface area contributed by atoms with E-state index >= 15 is 0 Å². The maximum Gasteiger partial charge on any atom is 0.171 e. The Morgan fingerprint density at radius 1 is 1.03 bits per heavy atom. The van der Waals surface area contributed by atoms with Crippen LogP contribution < -0.4 is 0 Å². The number of carbonyl (C=O) groups is 2. The number of Topliss-reactive ketones (excluding diaryl/α,β-unsaturated/α-hetero) is 1. The van der Waals surface area contributed by atoms with Crippen LogP contribution in [0.2, 0.25) is 0 Å². The molecule has 4 heteroatoms. The second kappa shape index (κ2) is 6.53. The van der Waals surface area contributed by atoms with Gasteiger partial charge in [0.2, 0.25) is 0 Å². The molecule has 0 radical (unpaired) electrons. The van der Waals surface area contributed by atoms with Crippen LogP contribution in [0.3, 0.4) is 0 Å². The van der Waals surface area contributed by atoms with Crippen LogP contribution in [0.4, 0.5) is 0 Å². The Balaban J connectivity index is 1.31. The fourth-order valence-electron chi connectivity index (χ4n) is 9.40. The maximum atomic E-state index is 13.2. The minimum atomic E-state index is -0.374. The minimum Gasteiger partial charge on any atom is -0.349 e.